The first kappa shape index (κ1) is 22.9. The first-order valence-electron chi connectivity index (χ1n) is 9.00. The molecule has 1 aliphatic carbocycles. The number of aromatic nitrogens is 2. The van der Waals surface area contributed by atoms with E-state index in [1.165, 1.54) is 22.9 Å². The van der Waals surface area contributed by atoms with Crippen LogP contribution < -0.4 is 16.5 Å². The van der Waals surface area contributed by atoms with Gasteiger partial charge in [0.2, 0.25) is 5.43 Å². The number of alkyl halides is 3. The lowest BCUT2D eigenvalue weighted by Crippen LogP contribution is -2.42. The van der Waals surface area contributed by atoms with E-state index in [1.807, 2.05) is 0 Å². The number of amides is 1. The van der Waals surface area contributed by atoms with Crippen molar-refractivity contribution in [1.82, 2.24) is 15.1 Å². The Labute approximate surface area is 171 Å². The molecule has 6 nitrogen and oxygen atoms in total. The third-order valence-electron chi connectivity index (χ3n) is 4.85. The first-order chi connectivity index (χ1) is 13.1. The molecule has 1 aromatic heterocycles. The number of hydrogen-bond donors (Lipinski definition) is 2. The van der Waals surface area contributed by atoms with Crippen molar-refractivity contribution >= 4 is 18.3 Å². The number of nitrogens with zero attached hydrogens (tertiary/aromatic N) is 2. The number of hydrogen-bond acceptors (Lipinski definition) is 4. The number of aryl methyl sites for hydroxylation is 1. The zero-order valence-electron chi connectivity index (χ0n) is 15.7. The van der Waals surface area contributed by atoms with Crippen LogP contribution in [0.4, 0.5) is 13.2 Å². The minimum Gasteiger partial charge on any atom is -0.348 e. The Kier molecular flexibility index (Phi) is 7.07. The fourth-order valence-electron chi connectivity index (χ4n) is 3.30. The number of halogens is 4. The molecule has 1 aromatic carbocycles. The predicted molar refractivity (Wildman–Crippen MR) is 105 cm³/mol. The van der Waals surface area contributed by atoms with Crippen LogP contribution in [0.2, 0.25) is 0 Å². The number of nitrogens with two attached hydrogens (primary N) is 1. The van der Waals surface area contributed by atoms with Crippen LogP contribution in [0.15, 0.2) is 35.1 Å². The minimum atomic E-state index is -4.51. The van der Waals surface area contributed by atoms with E-state index < -0.39 is 23.1 Å². The Morgan fingerprint density at radius 1 is 1.21 bits per heavy atom. The Hall–Kier alpha value is -2.39. The minimum absolute atomic E-state index is 0. The highest BCUT2D eigenvalue weighted by molar-refractivity contribution is 5.92. The number of benzene rings is 1. The van der Waals surface area contributed by atoms with Crippen LogP contribution >= 0.6 is 12.4 Å². The molecule has 1 saturated carbocycles. The Morgan fingerprint density at radius 3 is 2.48 bits per heavy atom. The van der Waals surface area contributed by atoms with E-state index >= 15 is 0 Å². The highest BCUT2D eigenvalue weighted by atomic mass is 35.5. The van der Waals surface area contributed by atoms with Crippen molar-refractivity contribution in [2.75, 3.05) is 0 Å². The summed E-state index contributed by atoms with van der Waals surface area (Å²) < 4.78 is 40.1. The maximum absolute atomic E-state index is 13.0. The second-order valence-corrected chi connectivity index (χ2v) is 7.04. The monoisotopic (exact) mass is 430 g/mol. The molecule has 0 bridgehead atoms. The largest absolute Gasteiger partial charge is 0.416 e. The molecule has 1 fully saturated rings. The molecule has 3 N–H and O–H groups in total. The summed E-state index contributed by atoms with van der Waals surface area (Å²) in [5.41, 5.74) is 4.52. The van der Waals surface area contributed by atoms with E-state index in [0.29, 0.717) is 18.5 Å². The second-order valence-electron chi connectivity index (χ2n) is 7.04. The third-order valence-corrected chi connectivity index (χ3v) is 4.85. The first-order valence-corrected chi connectivity index (χ1v) is 9.00. The molecule has 0 radical (unpaired) electrons. The predicted octanol–water partition coefficient (Wildman–Crippen LogP) is 2.98. The average molecular weight is 431 g/mol. The van der Waals surface area contributed by atoms with Crippen LogP contribution in [0.3, 0.4) is 0 Å². The third kappa shape index (κ3) is 5.36. The molecule has 0 saturated heterocycles. The normalized spacial score (nSPS) is 19.3. The standard InChI is InChI=1S/C19H21F3N4O2.ClH/c1-11-9-16(27)17(18(28)24-14-7-5-13(23)6-8-14)25-26(11)15-4-2-3-12(10-15)19(20,21)22;/h2-4,9-10,13-14H,5-8,23H2,1H3,(H,24,28);1H. The molecule has 0 unspecified atom stereocenters. The van der Waals surface area contributed by atoms with Gasteiger partial charge in [-0.2, -0.15) is 18.3 Å². The second kappa shape index (κ2) is 8.96. The van der Waals surface area contributed by atoms with E-state index in [2.05, 4.69) is 10.4 Å². The fourth-order valence-corrected chi connectivity index (χ4v) is 3.30. The molecule has 10 heteroatoms. The molecule has 1 heterocycles. The van der Waals surface area contributed by atoms with E-state index in [-0.39, 0.29) is 35.9 Å². The zero-order valence-corrected chi connectivity index (χ0v) is 16.5. The summed E-state index contributed by atoms with van der Waals surface area (Å²) in [6.07, 6.45) is -1.53. The molecule has 0 aliphatic heterocycles. The van der Waals surface area contributed by atoms with Crippen LogP contribution in [0.1, 0.15) is 47.4 Å². The lowest BCUT2D eigenvalue weighted by atomic mass is 9.92. The fraction of sp³-hybridized carbons (Fsp3) is 0.421. The maximum Gasteiger partial charge on any atom is 0.416 e. The van der Waals surface area contributed by atoms with Crippen molar-refractivity contribution in [2.24, 2.45) is 5.73 Å². The van der Waals surface area contributed by atoms with Crippen molar-refractivity contribution in [3.8, 4) is 5.69 Å². The van der Waals surface area contributed by atoms with Gasteiger partial charge in [0.15, 0.2) is 5.69 Å². The molecular weight excluding hydrogens is 409 g/mol. The Morgan fingerprint density at radius 2 is 1.86 bits per heavy atom. The highest BCUT2D eigenvalue weighted by Gasteiger charge is 2.31. The van der Waals surface area contributed by atoms with Gasteiger partial charge < -0.3 is 11.1 Å². The highest BCUT2D eigenvalue weighted by Crippen LogP contribution is 2.30. The summed E-state index contributed by atoms with van der Waals surface area (Å²) in [6, 6.07) is 5.77. The molecule has 1 amide bonds. The van der Waals surface area contributed by atoms with Crippen LogP contribution in [-0.2, 0) is 6.18 Å². The van der Waals surface area contributed by atoms with Gasteiger partial charge in [-0.15, -0.1) is 12.4 Å². The lowest BCUT2D eigenvalue weighted by molar-refractivity contribution is -0.137. The van der Waals surface area contributed by atoms with Crippen molar-refractivity contribution in [3.63, 3.8) is 0 Å². The summed E-state index contributed by atoms with van der Waals surface area (Å²) in [5, 5.41) is 6.83. The van der Waals surface area contributed by atoms with E-state index in [0.717, 1.165) is 25.0 Å². The molecular formula is C19H22ClF3N4O2. The van der Waals surface area contributed by atoms with Gasteiger partial charge >= 0.3 is 6.18 Å². The van der Waals surface area contributed by atoms with Gasteiger partial charge in [0.05, 0.1) is 11.3 Å². The molecule has 3 rings (SSSR count). The molecule has 158 valence electrons. The average Bonchev–Trinajstić information content (AvgIpc) is 2.63. The summed E-state index contributed by atoms with van der Waals surface area (Å²) >= 11 is 0. The van der Waals surface area contributed by atoms with Gasteiger partial charge in [0, 0.05) is 23.8 Å². The molecule has 0 spiro atoms. The van der Waals surface area contributed by atoms with Crippen LogP contribution in [0, 0.1) is 6.92 Å². The molecule has 0 atom stereocenters. The van der Waals surface area contributed by atoms with Crippen LogP contribution in [0.25, 0.3) is 5.69 Å². The lowest BCUT2D eigenvalue weighted by Gasteiger charge is -2.26. The van der Waals surface area contributed by atoms with E-state index in [1.54, 1.807) is 6.92 Å². The van der Waals surface area contributed by atoms with Gasteiger partial charge in [0.1, 0.15) is 0 Å². The van der Waals surface area contributed by atoms with Crippen LogP contribution in [-0.4, -0.2) is 27.8 Å². The van der Waals surface area contributed by atoms with Gasteiger partial charge in [-0.05, 0) is 50.8 Å². The quantitative estimate of drug-likeness (QED) is 0.783. The summed E-state index contributed by atoms with van der Waals surface area (Å²) in [5.74, 6) is -0.633. The molecule has 29 heavy (non-hydrogen) atoms. The molecule has 1 aliphatic rings. The topological polar surface area (TPSA) is 90.0 Å². The van der Waals surface area contributed by atoms with Crippen molar-refractivity contribution in [1.29, 1.82) is 0 Å². The maximum atomic E-state index is 13.0. The summed E-state index contributed by atoms with van der Waals surface area (Å²) in [4.78, 5) is 24.8. The Bertz CT molecular complexity index is 938. The number of carbonyl (C=O) groups excluding carboxylic acids is 1. The molecule has 2 aromatic rings. The van der Waals surface area contributed by atoms with Crippen molar-refractivity contribution < 1.29 is 18.0 Å². The zero-order chi connectivity index (χ0) is 20.5. The van der Waals surface area contributed by atoms with E-state index in [9.17, 15) is 22.8 Å². The van der Waals surface area contributed by atoms with Crippen molar-refractivity contribution in [3.05, 3.63) is 57.5 Å². The van der Waals surface area contributed by atoms with E-state index in [4.69, 9.17) is 5.73 Å². The van der Waals surface area contributed by atoms with Crippen molar-refractivity contribution in [2.45, 2.75) is 50.9 Å². The Balaban J connectivity index is 0.00000300. The van der Waals surface area contributed by atoms with Crippen LogP contribution in [0.5, 0.6) is 0 Å². The summed E-state index contributed by atoms with van der Waals surface area (Å²) in [6.45, 7) is 1.54. The van der Waals surface area contributed by atoms with Gasteiger partial charge in [-0.25, -0.2) is 4.68 Å². The van der Waals surface area contributed by atoms with Gasteiger partial charge in [0.25, 0.3) is 5.91 Å². The number of rotatable bonds is 3. The van der Waals surface area contributed by atoms with Gasteiger partial charge in [-0.3, -0.25) is 9.59 Å². The summed E-state index contributed by atoms with van der Waals surface area (Å²) in [7, 11) is 0. The SMILES string of the molecule is Cc1cc(=O)c(C(=O)NC2CCC(N)CC2)nn1-c1cccc(C(F)(F)F)c1.Cl. The number of carbonyl (C=O) groups is 1. The van der Waals surface area contributed by atoms with Gasteiger partial charge in [-0.1, -0.05) is 6.07 Å². The number of nitrogens with one attached hydrogen (secondary N) is 1. The smallest absolute Gasteiger partial charge is 0.348 e.